The summed E-state index contributed by atoms with van der Waals surface area (Å²) < 4.78 is 11.5. The van der Waals surface area contributed by atoms with Gasteiger partial charge in [-0.2, -0.15) is 0 Å². The molecule has 2 atom stereocenters. The summed E-state index contributed by atoms with van der Waals surface area (Å²) in [4.78, 5) is 0. The highest BCUT2D eigenvalue weighted by molar-refractivity contribution is 4.86. The molecule has 1 N–H and O–H groups in total. The molecule has 76 valence electrons. The van der Waals surface area contributed by atoms with Gasteiger partial charge in [-0.15, -0.1) is 0 Å². The van der Waals surface area contributed by atoms with Crippen molar-refractivity contribution in [2.45, 2.75) is 51.0 Å². The van der Waals surface area contributed by atoms with E-state index < -0.39 is 0 Å². The normalized spacial score (nSPS) is 39.2. The van der Waals surface area contributed by atoms with Gasteiger partial charge in [0.2, 0.25) is 0 Å². The fourth-order valence-corrected chi connectivity index (χ4v) is 1.99. The maximum atomic E-state index is 5.85. The molecule has 2 rings (SSSR count). The van der Waals surface area contributed by atoms with Crippen LogP contribution < -0.4 is 5.32 Å². The third-order valence-electron chi connectivity index (χ3n) is 2.73. The first-order valence-electron chi connectivity index (χ1n) is 5.20. The molecule has 2 fully saturated rings. The van der Waals surface area contributed by atoms with Crippen molar-refractivity contribution >= 4 is 0 Å². The summed E-state index contributed by atoms with van der Waals surface area (Å²) in [5, 5.41) is 3.37. The molecule has 2 unspecified atom stereocenters. The molecule has 3 nitrogen and oxygen atoms in total. The predicted molar refractivity (Wildman–Crippen MR) is 50.5 cm³/mol. The van der Waals surface area contributed by atoms with Crippen LogP contribution in [-0.2, 0) is 9.47 Å². The Kier molecular flexibility index (Phi) is 2.58. The summed E-state index contributed by atoms with van der Waals surface area (Å²) in [6, 6.07) is 0. The van der Waals surface area contributed by atoms with Crippen LogP contribution in [0.4, 0.5) is 0 Å². The Morgan fingerprint density at radius 1 is 1.31 bits per heavy atom. The molecular weight excluding hydrogens is 166 g/mol. The fourth-order valence-electron chi connectivity index (χ4n) is 1.99. The summed E-state index contributed by atoms with van der Waals surface area (Å²) in [5.41, 5.74) is -0.0223. The van der Waals surface area contributed by atoms with Gasteiger partial charge in [0.1, 0.15) is 6.23 Å². The number of hydrogen-bond donors (Lipinski definition) is 1. The van der Waals surface area contributed by atoms with E-state index in [1.54, 1.807) is 0 Å². The molecule has 0 aromatic carbocycles. The number of hydrogen-bond acceptors (Lipinski definition) is 3. The lowest BCUT2D eigenvalue weighted by atomic mass is 10.1. The van der Waals surface area contributed by atoms with E-state index in [-0.39, 0.29) is 17.9 Å². The van der Waals surface area contributed by atoms with E-state index in [2.05, 4.69) is 19.2 Å². The van der Waals surface area contributed by atoms with Gasteiger partial charge in [-0.3, -0.25) is 5.32 Å². The minimum Gasteiger partial charge on any atom is -0.374 e. The van der Waals surface area contributed by atoms with Crippen LogP contribution in [0, 0.1) is 0 Å². The molecule has 13 heavy (non-hydrogen) atoms. The van der Waals surface area contributed by atoms with Crippen LogP contribution in [0.1, 0.15) is 33.1 Å². The first-order chi connectivity index (χ1) is 6.17. The van der Waals surface area contributed by atoms with Crippen LogP contribution in [0.5, 0.6) is 0 Å². The maximum absolute atomic E-state index is 5.85. The molecule has 2 aliphatic heterocycles. The molecule has 2 heterocycles. The van der Waals surface area contributed by atoms with Crippen LogP contribution >= 0.6 is 0 Å². The van der Waals surface area contributed by atoms with E-state index >= 15 is 0 Å². The zero-order chi connectivity index (χ0) is 9.31. The first kappa shape index (κ1) is 9.44. The summed E-state index contributed by atoms with van der Waals surface area (Å²) in [5.74, 6) is 0. The van der Waals surface area contributed by atoms with Gasteiger partial charge < -0.3 is 9.47 Å². The van der Waals surface area contributed by atoms with Crippen molar-refractivity contribution in [1.29, 1.82) is 0 Å². The lowest BCUT2D eigenvalue weighted by molar-refractivity contribution is -0.113. The van der Waals surface area contributed by atoms with Crippen molar-refractivity contribution in [1.82, 2.24) is 5.32 Å². The Morgan fingerprint density at radius 2 is 2.15 bits per heavy atom. The van der Waals surface area contributed by atoms with Gasteiger partial charge in [-0.25, -0.2) is 0 Å². The second kappa shape index (κ2) is 3.56. The van der Waals surface area contributed by atoms with Gasteiger partial charge >= 0.3 is 0 Å². The number of nitrogens with one attached hydrogen (secondary N) is 1. The first-order valence-corrected chi connectivity index (χ1v) is 5.20. The molecule has 0 spiro atoms. The van der Waals surface area contributed by atoms with Crippen molar-refractivity contribution in [2.24, 2.45) is 0 Å². The fraction of sp³-hybridized carbons (Fsp3) is 1.00. The molecule has 0 amide bonds. The lowest BCUT2D eigenvalue weighted by Gasteiger charge is -2.28. The van der Waals surface area contributed by atoms with Gasteiger partial charge in [0.05, 0.1) is 11.7 Å². The van der Waals surface area contributed by atoms with E-state index in [1.165, 1.54) is 12.8 Å². The second-order valence-electron chi connectivity index (χ2n) is 4.58. The highest BCUT2D eigenvalue weighted by Crippen LogP contribution is 2.24. The van der Waals surface area contributed by atoms with Crippen molar-refractivity contribution in [2.75, 3.05) is 13.2 Å². The minimum atomic E-state index is -0.0223. The zero-order valence-corrected chi connectivity index (χ0v) is 8.51. The maximum Gasteiger partial charge on any atom is 0.135 e. The van der Waals surface area contributed by atoms with Crippen LogP contribution in [0.2, 0.25) is 0 Å². The number of ether oxygens (including phenoxy) is 2. The highest BCUT2D eigenvalue weighted by Gasteiger charge is 2.36. The molecule has 0 aromatic heterocycles. The van der Waals surface area contributed by atoms with Crippen LogP contribution in [-0.4, -0.2) is 31.1 Å². The van der Waals surface area contributed by atoms with Crippen LogP contribution in [0.3, 0.4) is 0 Å². The van der Waals surface area contributed by atoms with Crippen molar-refractivity contribution in [3.05, 3.63) is 0 Å². The zero-order valence-electron chi connectivity index (χ0n) is 8.51. The Balaban J connectivity index is 1.87. The SMILES string of the molecule is CC1(C)CNC(C2CCCCO2)O1. The third-order valence-corrected chi connectivity index (χ3v) is 2.73. The van der Waals surface area contributed by atoms with Gasteiger partial charge in [0, 0.05) is 13.2 Å². The standard InChI is InChI=1S/C10H19NO2/c1-10(2)7-11-9(13-10)8-5-3-4-6-12-8/h8-9,11H,3-7H2,1-2H3. The van der Waals surface area contributed by atoms with Gasteiger partial charge in [0.25, 0.3) is 0 Å². The summed E-state index contributed by atoms with van der Waals surface area (Å²) in [6.45, 7) is 6.05. The van der Waals surface area contributed by atoms with Crippen LogP contribution in [0.25, 0.3) is 0 Å². The molecule has 2 saturated heterocycles. The Labute approximate surface area is 79.8 Å². The van der Waals surface area contributed by atoms with Gasteiger partial charge in [-0.05, 0) is 33.1 Å². The topological polar surface area (TPSA) is 30.5 Å². The summed E-state index contributed by atoms with van der Waals surface area (Å²) in [7, 11) is 0. The summed E-state index contributed by atoms with van der Waals surface area (Å²) in [6.07, 6.45) is 4.00. The smallest absolute Gasteiger partial charge is 0.135 e. The second-order valence-corrected chi connectivity index (χ2v) is 4.58. The highest BCUT2D eigenvalue weighted by atomic mass is 16.6. The molecule has 0 saturated carbocycles. The van der Waals surface area contributed by atoms with Crippen molar-refractivity contribution in [3.63, 3.8) is 0 Å². The largest absolute Gasteiger partial charge is 0.374 e. The molecule has 0 bridgehead atoms. The quantitative estimate of drug-likeness (QED) is 0.667. The molecular formula is C10H19NO2. The number of rotatable bonds is 1. The van der Waals surface area contributed by atoms with E-state index in [0.717, 1.165) is 19.6 Å². The Hall–Kier alpha value is -0.120. The average Bonchev–Trinajstić information content (AvgIpc) is 2.48. The molecule has 0 radical (unpaired) electrons. The van der Waals surface area contributed by atoms with Gasteiger partial charge in [-0.1, -0.05) is 0 Å². The molecule has 0 aliphatic carbocycles. The van der Waals surface area contributed by atoms with E-state index in [1.807, 2.05) is 0 Å². The molecule has 3 heteroatoms. The van der Waals surface area contributed by atoms with Crippen molar-refractivity contribution in [3.8, 4) is 0 Å². The average molecular weight is 185 g/mol. The van der Waals surface area contributed by atoms with E-state index in [0.29, 0.717) is 0 Å². The van der Waals surface area contributed by atoms with Gasteiger partial charge in [0.15, 0.2) is 0 Å². The third kappa shape index (κ3) is 2.22. The predicted octanol–water partition coefficient (Wildman–Crippen LogP) is 1.28. The van der Waals surface area contributed by atoms with Crippen molar-refractivity contribution < 1.29 is 9.47 Å². The molecule has 2 aliphatic rings. The Bertz CT molecular complexity index is 176. The van der Waals surface area contributed by atoms with Crippen LogP contribution in [0.15, 0.2) is 0 Å². The lowest BCUT2D eigenvalue weighted by Crippen LogP contribution is -2.39. The summed E-state index contributed by atoms with van der Waals surface area (Å²) >= 11 is 0. The van der Waals surface area contributed by atoms with E-state index in [4.69, 9.17) is 9.47 Å². The monoisotopic (exact) mass is 185 g/mol. The minimum absolute atomic E-state index is 0.0223. The molecule has 0 aromatic rings. The van der Waals surface area contributed by atoms with E-state index in [9.17, 15) is 0 Å². The Morgan fingerprint density at radius 3 is 2.69 bits per heavy atom.